The summed E-state index contributed by atoms with van der Waals surface area (Å²) in [5.41, 5.74) is 17.3. The second kappa shape index (κ2) is 15.0. The summed E-state index contributed by atoms with van der Waals surface area (Å²) in [4.78, 5) is 4.85. The van der Waals surface area contributed by atoms with E-state index in [0.29, 0.717) is 0 Å². The maximum Gasteiger partial charge on any atom is 0.159 e. The lowest BCUT2D eigenvalue weighted by atomic mass is 9.86. The molecule has 12 aromatic rings. The number of rotatable bonds is 6. The van der Waals surface area contributed by atoms with Crippen LogP contribution in [0.3, 0.4) is 0 Å². The number of hydrogen-bond acceptors (Lipinski definition) is 4. The van der Waals surface area contributed by atoms with Crippen LogP contribution in [-0.2, 0) is 10.8 Å². The van der Waals surface area contributed by atoms with Crippen molar-refractivity contribution in [1.29, 1.82) is 0 Å². The summed E-state index contributed by atoms with van der Waals surface area (Å²) in [5.74, 6) is 0. The van der Waals surface area contributed by atoms with E-state index in [1.54, 1.807) is 0 Å². The molecule has 2 heterocycles. The van der Waals surface area contributed by atoms with Gasteiger partial charge in [0.1, 0.15) is 11.2 Å². The van der Waals surface area contributed by atoms with Gasteiger partial charge in [0.05, 0.1) is 22.7 Å². The lowest BCUT2D eigenvalue weighted by Gasteiger charge is -2.29. The van der Waals surface area contributed by atoms with Crippen molar-refractivity contribution in [2.45, 2.75) is 80.1 Å². The second-order valence-electron chi connectivity index (χ2n) is 21.2. The summed E-state index contributed by atoms with van der Waals surface area (Å²) in [6.45, 7) is 22.3. The second-order valence-corrected chi connectivity index (χ2v) is 21.2. The number of hydrogen-bond donors (Lipinski definition) is 0. The highest BCUT2D eigenvalue weighted by molar-refractivity contribution is 6.29. The molecule has 0 atom stereocenters. The molecule has 0 aliphatic carbocycles. The predicted octanol–water partition coefficient (Wildman–Crippen LogP) is 19.2. The molecular weight excluding hydrogens is 829 g/mol. The molecule has 10 aromatic carbocycles. The quantitative estimate of drug-likeness (QED) is 0.156. The van der Waals surface area contributed by atoms with Gasteiger partial charge in [0, 0.05) is 54.8 Å². The predicted molar refractivity (Wildman–Crippen MR) is 290 cm³/mol. The van der Waals surface area contributed by atoms with Gasteiger partial charge in [-0.2, -0.15) is 0 Å². The van der Waals surface area contributed by atoms with E-state index in [1.807, 2.05) is 0 Å². The molecule has 0 radical (unpaired) electrons. The normalized spacial score (nSPS) is 12.6. The minimum Gasteiger partial charge on any atom is -0.454 e. The molecule has 68 heavy (non-hydrogen) atoms. The van der Waals surface area contributed by atoms with Crippen LogP contribution in [0.4, 0.5) is 34.1 Å². The Morgan fingerprint density at radius 2 is 0.691 bits per heavy atom. The Balaban J connectivity index is 1.13. The van der Waals surface area contributed by atoms with E-state index in [0.717, 1.165) is 78.0 Å². The fourth-order valence-corrected chi connectivity index (χ4v) is 10.8. The van der Waals surface area contributed by atoms with Crippen molar-refractivity contribution >= 4 is 110 Å². The number of aryl methyl sites for hydroxylation is 4. The molecule has 334 valence electrons. The van der Waals surface area contributed by atoms with Crippen molar-refractivity contribution in [3.8, 4) is 0 Å². The molecule has 4 nitrogen and oxygen atoms in total. The lowest BCUT2D eigenvalue weighted by Crippen LogP contribution is -2.12. The van der Waals surface area contributed by atoms with Crippen LogP contribution in [0.1, 0.15) is 74.9 Å². The van der Waals surface area contributed by atoms with Crippen molar-refractivity contribution in [1.82, 2.24) is 0 Å². The largest absolute Gasteiger partial charge is 0.454 e. The molecule has 0 saturated carbocycles. The Hall–Kier alpha value is -7.56. The maximum atomic E-state index is 7.10. The SMILES string of the molecule is Cc1ccc(N(c2ccc3ccc4c(N(c5ccc(C)c(C)c5)c5cccc6c5oc5c(C(C)(C)C)cccc56)ccc5ccc2c3c54)c2cccc3c2oc2c(C(C)(C)C)cccc23)cc1C. The molecule has 0 aliphatic rings. The van der Waals surface area contributed by atoms with Gasteiger partial charge >= 0.3 is 0 Å². The van der Waals surface area contributed by atoms with Gasteiger partial charge in [-0.15, -0.1) is 0 Å². The average molecular weight is 885 g/mol. The van der Waals surface area contributed by atoms with Gasteiger partial charge in [0.15, 0.2) is 11.2 Å². The Morgan fingerprint density at radius 1 is 0.324 bits per heavy atom. The van der Waals surface area contributed by atoms with Crippen LogP contribution in [0.15, 0.2) is 167 Å². The van der Waals surface area contributed by atoms with Crippen molar-refractivity contribution in [2.75, 3.05) is 9.80 Å². The van der Waals surface area contributed by atoms with Crippen LogP contribution in [-0.4, -0.2) is 0 Å². The molecule has 0 N–H and O–H groups in total. The monoisotopic (exact) mass is 884 g/mol. The first-order valence-corrected chi connectivity index (χ1v) is 24.0. The summed E-state index contributed by atoms with van der Waals surface area (Å²) in [6, 6.07) is 58.5. The first-order chi connectivity index (χ1) is 32.7. The van der Waals surface area contributed by atoms with Crippen LogP contribution in [0, 0.1) is 27.7 Å². The molecule has 0 aliphatic heterocycles. The van der Waals surface area contributed by atoms with E-state index in [2.05, 4.69) is 237 Å². The van der Waals surface area contributed by atoms with Gasteiger partial charge in [-0.05, 0) is 131 Å². The third-order valence-corrected chi connectivity index (χ3v) is 14.7. The van der Waals surface area contributed by atoms with Gasteiger partial charge < -0.3 is 18.6 Å². The van der Waals surface area contributed by atoms with E-state index in [-0.39, 0.29) is 10.8 Å². The highest BCUT2D eigenvalue weighted by Crippen LogP contribution is 2.51. The summed E-state index contributed by atoms with van der Waals surface area (Å²) in [6.07, 6.45) is 0. The number of para-hydroxylation sites is 4. The maximum absolute atomic E-state index is 7.10. The van der Waals surface area contributed by atoms with Gasteiger partial charge in [-0.25, -0.2) is 0 Å². The molecule has 0 bridgehead atoms. The molecule has 0 saturated heterocycles. The molecule has 0 spiro atoms. The van der Waals surface area contributed by atoms with Crippen molar-refractivity contribution in [3.63, 3.8) is 0 Å². The fraction of sp³-hybridized carbons (Fsp3) is 0.188. The molecule has 12 rings (SSSR count). The zero-order chi connectivity index (χ0) is 47.0. The summed E-state index contributed by atoms with van der Waals surface area (Å²) >= 11 is 0. The standard InChI is InChI=1S/C64H56N2O2/c1-37-23-29-43(35-39(37)3)65(55-21-13-17-47-45-15-11-19-51(63(5,6)7)59(45)67-61(47)55)53-33-27-41-26-32-50-54(34-28-42-25-31-49(53)57(41)58(42)50)66(44-30-24-38(2)40(4)36-44)56-22-14-18-48-46-16-12-20-52(64(8,9)10)60(46)68-62(48)56/h11-36H,1-10H3. The Morgan fingerprint density at radius 3 is 1.07 bits per heavy atom. The number of nitrogens with zero attached hydrogens (tertiary/aromatic N) is 2. The first kappa shape index (κ1) is 41.8. The minimum atomic E-state index is -0.0888. The number of benzene rings is 10. The van der Waals surface area contributed by atoms with Crippen LogP contribution in [0.2, 0.25) is 0 Å². The first-order valence-electron chi connectivity index (χ1n) is 24.0. The van der Waals surface area contributed by atoms with Crippen molar-refractivity contribution in [2.24, 2.45) is 0 Å². The van der Waals surface area contributed by atoms with Gasteiger partial charge in [-0.3, -0.25) is 0 Å². The van der Waals surface area contributed by atoms with E-state index < -0.39 is 0 Å². The third-order valence-electron chi connectivity index (χ3n) is 14.7. The van der Waals surface area contributed by atoms with E-state index >= 15 is 0 Å². The summed E-state index contributed by atoms with van der Waals surface area (Å²) < 4.78 is 14.2. The van der Waals surface area contributed by atoms with Crippen LogP contribution >= 0.6 is 0 Å². The number of fused-ring (bicyclic) bond motifs is 6. The van der Waals surface area contributed by atoms with Crippen LogP contribution in [0.5, 0.6) is 0 Å². The van der Waals surface area contributed by atoms with E-state index in [4.69, 9.17) is 8.83 Å². The molecule has 2 aromatic heterocycles. The zero-order valence-electron chi connectivity index (χ0n) is 40.7. The van der Waals surface area contributed by atoms with Crippen molar-refractivity contribution in [3.05, 3.63) is 191 Å². The molecule has 4 heteroatoms. The minimum absolute atomic E-state index is 0.0888. The fourth-order valence-electron chi connectivity index (χ4n) is 10.8. The van der Waals surface area contributed by atoms with Crippen LogP contribution in [0.25, 0.3) is 76.2 Å². The van der Waals surface area contributed by atoms with Gasteiger partial charge in [0.25, 0.3) is 0 Å². The zero-order valence-corrected chi connectivity index (χ0v) is 40.7. The van der Waals surface area contributed by atoms with Crippen LogP contribution < -0.4 is 9.80 Å². The Bertz CT molecular complexity index is 3740. The van der Waals surface area contributed by atoms with Gasteiger partial charge in [0.2, 0.25) is 0 Å². The smallest absolute Gasteiger partial charge is 0.159 e. The average Bonchev–Trinajstić information content (AvgIpc) is 3.90. The lowest BCUT2D eigenvalue weighted by molar-refractivity contribution is 0.572. The molecule has 0 unspecified atom stereocenters. The van der Waals surface area contributed by atoms with E-state index in [1.165, 1.54) is 65.7 Å². The Kier molecular flexibility index (Phi) is 9.21. The summed E-state index contributed by atoms with van der Waals surface area (Å²) in [5, 5.41) is 11.7. The third kappa shape index (κ3) is 6.34. The highest BCUT2D eigenvalue weighted by atomic mass is 16.3. The number of anilines is 6. The topological polar surface area (TPSA) is 32.8 Å². The summed E-state index contributed by atoms with van der Waals surface area (Å²) in [7, 11) is 0. The molecule has 0 amide bonds. The Labute approximate surface area is 398 Å². The highest BCUT2D eigenvalue weighted by Gasteiger charge is 2.28. The van der Waals surface area contributed by atoms with E-state index in [9.17, 15) is 0 Å². The molecule has 0 fully saturated rings. The molecular formula is C64H56N2O2. The van der Waals surface area contributed by atoms with Gasteiger partial charge in [-0.1, -0.05) is 151 Å². The van der Waals surface area contributed by atoms with Crippen molar-refractivity contribution < 1.29 is 8.83 Å². The number of furan rings is 2.